The van der Waals surface area contributed by atoms with E-state index >= 15 is 0 Å². The average Bonchev–Trinajstić information content (AvgIpc) is 2.83. The van der Waals surface area contributed by atoms with Crippen LogP contribution in [-0.4, -0.2) is 15.0 Å². The van der Waals surface area contributed by atoms with Gasteiger partial charge in [0.15, 0.2) is 5.75 Å². The summed E-state index contributed by atoms with van der Waals surface area (Å²) >= 11 is 0. The van der Waals surface area contributed by atoms with Gasteiger partial charge in [0, 0.05) is 17.1 Å². The summed E-state index contributed by atoms with van der Waals surface area (Å²) in [6, 6.07) is 9.71. The zero-order valence-electron chi connectivity index (χ0n) is 12.2. The Morgan fingerprint density at radius 3 is 2.77 bits per heavy atom. The second-order valence-electron chi connectivity index (χ2n) is 5.08. The number of nitrogens with zero attached hydrogens (tertiary/aromatic N) is 3. The van der Waals surface area contributed by atoms with Crippen molar-refractivity contribution < 1.29 is 9.15 Å². The molecule has 0 radical (unpaired) electrons. The van der Waals surface area contributed by atoms with E-state index in [0.29, 0.717) is 17.3 Å². The normalized spacial score (nSPS) is 11.2. The van der Waals surface area contributed by atoms with Crippen LogP contribution in [0, 0.1) is 13.8 Å². The molecule has 0 atom stereocenters. The summed E-state index contributed by atoms with van der Waals surface area (Å²) in [5.74, 6) is 1.96. The minimum atomic E-state index is 0.484. The second kappa shape index (κ2) is 4.80. The van der Waals surface area contributed by atoms with Crippen LogP contribution < -0.4 is 4.74 Å². The number of aromatic nitrogens is 3. The number of aryl methyl sites for hydroxylation is 2. The van der Waals surface area contributed by atoms with Crippen molar-refractivity contribution in [3.63, 3.8) is 0 Å². The van der Waals surface area contributed by atoms with Crippen molar-refractivity contribution in [2.45, 2.75) is 13.8 Å². The largest absolute Gasteiger partial charge is 0.443 e. The molecule has 0 saturated heterocycles. The lowest BCUT2D eigenvalue weighted by Crippen LogP contribution is -1.92. The lowest BCUT2D eigenvalue weighted by atomic mass is 10.2. The molecule has 0 amide bonds. The van der Waals surface area contributed by atoms with Crippen molar-refractivity contribution >= 4 is 22.0 Å². The van der Waals surface area contributed by atoms with Gasteiger partial charge >= 0.3 is 0 Å². The van der Waals surface area contributed by atoms with Crippen LogP contribution in [-0.2, 0) is 0 Å². The maximum atomic E-state index is 6.03. The fourth-order valence-corrected chi connectivity index (χ4v) is 2.49. The van der Waals surface area contributed by atoms with E-state index in [1.165, 1.54) is 6.33 Å². The molecule has 0 aliphatic carbocycles. The highest BCUT2D eigenvalue weighted by Crippen LogP contribution is 2.34. The quantitative estimate of drug-likeness (QED) is 0.554. The van der Waals surface area contributed by atoms with Crippen LogP contribution in [0.3, 0.4) is 0 Å². The third kappa shape index (κ3) is 1.90. The molecule has 0 bridgehead atoms. The standard InChI is InChI=1S/C17H13N3O2/c1-10-11(2)21-16-14(10)17(20-9-19-16)22-13-7-3-5-12-6-4-8-18-15(12)13/h3-9H,1-2H3. The molecule has 0 fully saturated rings. The van der Waals surface area contributed by atoms with Crippen LogP contribution in [0.15, 0.2) is 47.3 Å². The number of ether oxygens (including phenoxy) is 1. The Kier molecular flexibility index (Phi) is 2.79. The van der Waals surface area contributed by atoms with Crippen LogP contribution in [0.4, 0.5) is 0 Å². The molecule has 0 spiro atoms. The number of hydrogen-bond donors (Lipinski definition) is 0. The van der Waals surface area contributed by atoms with Crippen molar-refractivity contribution in [2.24, 2.45) is 0 Å². The molecular formula is C17H13N3O2. The minimum absolute atomic E-state index is 0.484. The molecule has 0 aliphatic heterocycles. The van der Waals surface area contributed by atoms with E-state index in [-0.39, 0.29) is 0 Å². The fraction of sp³-hybridized carbons (Fsp3) is 0.118. The number of pyridine rings is 1. The van der Waals surface area contributed by atoms with Gasteiger partial charge < -0.3 is 9.15 Å². The number of rotatable bonds is 2. The molecule has 4 rings (SSSR count). The Morgan fingerprint density at radius 2 is 1.86 bits per heavy atom. The van der Waals surface area contributed by atoms with Crippen molar-refractivity contribution in [1.29, 1.82) is 0 Å². The second-order valence-corrected chi connectivity index (χ2v) is 5.08. The van der Waals surface area contributed by atoms with E-state index in [1.54, 1.807) is 6.20 Å². The van der Waals surface area contributed by atoms with Gasteiger partial charge in [-0.3, -0.25) is 4.98 Å². The Labute approximate surface area is 126 Å². The molecule has 0 aliphatic rings. The third-order valence-electron chi connectivity index (χ3n) is 3.73. The highest BCUT2D eigenvalue weighted by Gasteiger charge is 2.16. The van der Waals surface area contributed by atoms with Gasteiger partial charge in [0.2, 0.25) is 11.6 Å². The van der Waals surface area contributed by atoms with Gasteiger partial charge in [0.05, 0.1) is 0 Å². The molecule has 0 N–H and O–H groups in total. The number of benzene rings is 1. The molecule has 0 saturated carbocycles. The van der Waals surface area contributed by atoms with Crippen molar-refractivity contribution in [3.8, 4) is 11.6 Å². The van der Waals surface area contributed by atoms with Gasteiger partial charge in [-0.2, -0.15) is 0 Å². The molecule has 1 aromatic carbocycles. The van der Waals surface area contributed by atoms with Crippen LogP contribution in [0.5, 0.6) is 11.6 Å². The van der Waals surface area contributed by atoms with Gasteiger partial charge in [-0.05, 0) is 26.0 Å². The smallest absolute Gasteiger partial charge is 0.234 e. The monoisotopic (exact) mass is 291 g/mol. The van der Waals surface area contributed by atoms with E-state index in [9.17, 15) is 0 Å². The highest BCUT2D eigenvalue weighted by atomic mass is 16.5. The lowest BCUT2D eigenvalue weighted by molar-refractivity contribution is 0.471. The van der Waals surface area contributed by atoms with Crippen molar-refractivity contribution in [3.05, 3.63) is 54.2 Å². The Hall–Kier alpha value is -2.95. The number of fused-ring (bicyclic) bond motifs is 2. The topological polar surface area (TPSA) is 61.0 Å². The first-order chi connectivity index (χ1) is 10.7. The van der Waals surface area contributed by atoms with Crippen LogP contribution in [0.2, 0.25) is 0 Å². The van der Waals surface area contributed by atoms with E-state index in [4.69, 9.17) is 9.15 Å². The van der Waals surface area contributed by atoms with Crippen LogP contribution in [0.1, 0.15) is 11.3 Å². The maximum absolute atomic E-state index is 6.03. The first-order valence-corrected chi connectivity index (χ1v) is 6.96. The van der Waals surface area contributed by atoms with E-state index in [0.717, 1.165) is 27.6 Å². The molecule has 108 valence electrons. The lowest BCUT2D eigenvalue weighted by Gasteiger charge is -2.08. The zero-order valence-corrected chi connectivity index (χ0v) is 12.2. The third-order valence-corrected chi connectivity index (χ3v) is 3.73. The Bertz CT molecular complexity index is 986. The summed E-state index contributed by atoms with van der Waals surface area (Å²) in [7, 11) is 0. The number of hydrogen-bond acceptors (Lipinski definition) is 5. The highest BCUT2D eigenvalue weighted by molar-refractivity contribution is 5.87. The first-order valence-electron chi connectivity index (χ1n) is 6.96. The Balaban J connectivity index is 1.90. The van der Waals surface area contributed by atoms with Gasteiger partial charge in [0.1, 0.15) is 23.0 Å². The van der Waals surface area contributed by atoms with E-state index < -0.39 is 0 Å². The van der Waals surface area contributed by atoms with Gasteiger partial charge in [-0.15, -0.1) is 0 Å². The summed E-state index contributed by atoms with van der Waals surface area (Å²) < 4.78 is 11.6. The first kappa shape index (κ1) is 12.8. The minimum Gasteiger partial charge on any atom is -0.443 e. The predicted octanol–water partition coefficient (Wildman–Crippen LogP) is 4.18. The van der Waals surface area contributed by atoms with Crippen molar-refractivity contribution in [1.82, 2.24) is 15.0 Å². The molecular weight excluding hydrogens is 278 g/mol. The fourth-order valence-electron chi connectivity index (χ4n) is 2.49. The number of para-hydroxylation sites is 1. The van der Waals surface area contributed by atoms with Crippen molar-refractivity contribution in [2.75, 3.05) is 0 Å². The SMILES string of the molecule is Cc1oc2ncnc(Oc3cccc4cccnc34)c2c1C. The molecule has 3 aromatic heterocycles. The molecule has 4 aromatic rings. The molecule has 5 nitrogen and oxygen atoms in total. The molecule has 22 heavy (non-hydrogen) atoms. The summed E-state index contributed by atoms with van der Waals surface area (Å²) in [6.07, 6.45) is 3.19. The van der Waals surface area contributed by atoms with Crippen LogP contribution >= 0.6 is 0 Å². The number of furan rings is 1. The van der Waals surface area contributed by atoms with Gasteiger partial charge in [0.25, 0.3) is 0 Å². The van der Waals surface area contributed by atoms with E-state index in [2.05, 4.69) is 15.0 Å². The maximum Gasteiger partial charge on any atom is 0.234 e. The van der Waals surface area contributed by atoms with Gasteiger partial charge in [-0.25, -0.2) is 9.97 Å². The average molecular weight is 291 g/mol. The molecule has 0 unspecified atom stereocenters. The van der Waals surface area contributed by atoms with E-state index in [1.807, 2.05) is 44.2 Å². The predicted molar refractivity (Wildman–Crippen MR) is 83.1 cm³/mol. The Morgan fingerprint density at radius 1 is 1.00 bits per heavy atom. The summed E-state index contributed by atoms with van der Waals surface area (Å²) in [5.41, 5.74) is 2.32. The molecule has 5 heteroatoms. The summed E-state index contributed by atoms with van der Waals surface area (Å²) in [5, 5.41) is 1.82. The van der Waals surface area contributed by atoms with Crippen LogP contribution in [0.25, 0.3) is 22.0 Å². The summed E-state index contributed by atoms with van der Waals surface area (Å²) in [4.78, 5) is 12.8. The van der Waals surface area contributed by atoms with Gasteiger partial charge in [-0.1, -0.05) is 18.2 Å². The zero-order chi connectivity index (χ0) is 15.1. The molecule has 3 heterocycles. The summed E-state index contributed by atoms with van der Waals surface area (Å²) in [6.45, 7) is 3.87.